The number of aliphatic hydroxyl groups is 1. The molecule has 0 aromatic heterocycles. The number of hydrogen-bond acceptors (Lipinski definition) is 10. The lowest BCUT2D eigenvalue weighted by Gasteiger charge is -2.11. The van der Waals surface area contributed by atoms with E-state index in [0.717, 1.165) is 42.2 Å². The van der Waals surface area contributed by atoms with Crippen molar-refractivity contribution in [3.63, 3.8) is 0 Å². The van der Waals surface area contributed by atoms with Crippen molar-refractivity contribution in [2.24, 2.45) is 0 Å². The molecular weight excluding hydrogens is 664 g/mol. The molecule has 0 aliphatic heterocycles. The molecule has 10 nitrogen and oxygen atoms in total. The molecule has 1 N–H and O–H groups in total. The van der Waals surface area contributed by atoms with Gasteiger partial charge in [0.1, 0.15) is 35.7 Å². The summed E-state index contributed by atoms with van der Waals surface area (Å²) in [5.74, 6) is 0.650. The van der Waals surface area contributed by atoms with Crippen LogP contribution >= 0.6 is 0 Å². The molecule has 1 atom stereocenters. The zero-order valence-corrected chi connectivity index (χ0v) is 29.5. The fraction of sp³-hybridized carbons (Fsp3) is 0.310. The molecule has 0 radical (unpaired) electrons. The van der Waals surface area contributed by atoms with Crippen LogP contribution in [-0.2, 0) is 14.3 Å². The van der Waals surface area contributed by atoms with Gasteiger partial charge in [-0.15, -0.1) is 0 Å². The van der Waals surface area contributed by atoms with Crippen molar-refractivity contribution in [2.45, 2.75) is 51.6 Å². The van der Waals surface area contributed by atoms with Crippen LogP contribution in [0.3, 0.4) is 0 Å². The van der Waals surface area contributed by atoms with E-state index in [0.29, 0.717) is 54.6 Å². The van der Waals surface area contributed by atoms with E-state index < -0.39 is 24.0 Å². The molecule has 0 fully saturated rings. The minimum atomic E-state index is -0.893. The summed E-state index contributed by atoms with van der Waals surface area (Å²) in [5, 5.41) is 9.72. The number of hydrogen-bond donors (Lipinski definition) is 1. The summed E-state index contributed by atoms with van der Waals surface area (Å²) in [5.41, 5.74) is 2.63. The van der Waals surface area contributed by atoms with Crippen LogP contribution in [0.25, 0.3) is 11.1 Å². The summed E-state index contributed by atoms with van der Waals surface area (Å²) in [6, 6.07) is 28.0. The predicted octanol–water partition coefficient (Wildman–Crippen LogP) is 8.02. The summed E-state index contributed by atoms with van der Waals surface area (Å²) >= 11 is 0. The Bertz CT molecular complexity index is 1680. The first-order chi connectivity index (χ1) is 25.3. The molecule has 4 rings (SSSR count). The minimum Gasteiger partial charge on any atom is -0.494 e. The van der Waals surface area contributed by atoms with E-state index in [2.05, 4.69) is 13.5 Å². The van der Waals surface area contributed by atoms with Gasteiger partial charge in [0.05, 0.1) is 30.9 Å². The fourth-order valence-corrected chi connectivity index (χ4v) is 4.86. The van der Waals surface area contributed by atoms with Gasteiger partial charge in [0, 0.05) is 12.7 Å². The largest absolute Gasteiger partial charge is 0.494 e. The maximum atomic E-state index is 12.7. The van der Waals surface area contributed by atoms with E-state index >= 15 is 0 Å². The van der Waals surface area contributed by atoms with Gasteiger partial charge in [-0.2, -0.15) is 0 Å². The highest BCUT2D eigenvalue weighted by Crippen LogP contribution is 2.26. The van der Waals surface area contributed by atoms with Gasteiger partial charge >= 0.3 is 17.9 Å². The Kier molecular flexibility index (Phi) is 16.4. The normalized spacial score (nSPS) is 11.3. The van der Waals surface area contributed by atoms with Gasteiger partial charge in [0.15, 0.2) is 0 Å². The van der Waals surface area contributed by atoms with Gasteiger partial charge in [-0.25, -0.2) is 14.4 Å². The summed E-state index contributed by atoms with van der Waals surface area (Å²) in [4.78, 5) is 36.4. The van der Waals surface area contributed by atoms with Crippen LogP contribution in [0.2, 0.25) is 0 Å². The molecule has 1 unspecified atom stereocenters. The summed E-state index contributed by atoms with van der Waals surface area (Å²) in [7, 11) is 0. The van der Waals surface area contributed by atoms with Crippen molar-refractivity contribution in [3.05, 3.63) is 121 Å². The van der Waals surface area contributed by atoms with Crippen LogP contribution < -0.4 is 18.9 Å². The second kappa shape index (κ2) is 21.7. The van der Waals surface area contributed by atoms with Crippen molar-refractivity contribution < 1.29 is 47.9 Å². The number of carbonyl (C=O) groups is 3. The Labute approximate surface area is 304 Å². The van der Waals surface area contributed by atoms with Crippen molar-refractivity contribution in [1.82, 2.24) is 0 Å². The van der Waals surface area contributed by atoms with E-state index in [-0.39, 0.29) is 13.2 Å². The van der Waals surface area contributed by atoms with E-state index in [1.165, 1.54) is 12.8 Å². The van der Waals surface area contributed by atoms with Gasteiger partial charge in [-0.1, -0.05) is 57.0 Å². The number of rotatable bonds is 22. The zero-order valence-electron chi connectivity index (χ0n) is 29.5. The van der Waals surface area contributed by atoms with Crippen LogP contribution in [0.1, 0.15) is 66.2 Å². The number of esters is 3. The van der Waals surface area contributed by atoms with E-state index in [4.69, 9.17) is 28.4 Å². The summed E-state index contributed by atoms with van der Waals surface area (Å²) in [6.45, 7) is 6.93. The van der Waals surface area contributed by atoms with Crippen LogP contribution in [0.4, 0.5) is 0 Å². The molecule has 0 bridgehead atoms. The van der Waals surface area contributed by atoms with Gasteiger partial charge in [-0.05, 0) is 103 Å². The Morgan fingerprint density at radius 3 is 1.50 bits per heavy atom. The Balaban J connectivity index is 1.14. The third kappa shape index (κ3) is 13.7. The minimum absolute atomic E-state index is 0.0635. The molecule has 0 spiro atoms. The van der Waals surface area contributed by atoms with E-state index in [9.17, 15) is 19.5 Å². The zero-order chi connectivity index (χ0) is 37.0. The second-order valence-corrected chi connectivity index (χ2v) is 11.9. The SMILES string of the molecule is C=CC(=O)OCC(O)COCCCCOc1ccc(C(=O)Oc2ccc(-c3ccc(OC(=O)c4ccc(OCCCCCC)cc4)cc3)cc2)cc1. The van der Waals surface area contributed by atoms with Crippen LogP contribution in [0, 0.1) is 0 Å². The van der Waals surface area contributed by atoms with Crippen molar-refractivity contribution >= 4 is 17.9 Å². The second-order valence-electron chi connectivity index (χ2n) is 11.9. The summed E-state index contributed by atoms with van der Waals surface area (Å²) < 4.78 is 32.7. The molecule has 4 aromatic carbocycles. The fourth-order valence-electron chi connectivity index (χ4n) is 4.86. The van der Waals surface area contributed by atoms with E-state index in [1.54, 1.807) is 72.8 Å². The topological polar surface area (TPSA) is 127 Å². The molecule has 0 amide bonds. The third-order valence-electron chi connectivity index (χ3n) is 7.76. The van der Waals surface area contributed by atoms with Gasteiger partial charge < -0.3 is 33.5 Å². The number of benzene rings is 4. The Hall–Kier alpha value is -5.45. The molecule has 52 heavy (non-hydrogen) atoms. The van der Waals surface area contributed by atoms with Gasteiger partial charge in [0.25, 0.3) is 0 Å². The molecule has 0 heterocycles. The van der Waals surface area contributed by atoms with Crippen LogP contribution in [0.15, 0.2) is 110 Å². The first-order valence-corrected chi connectivity index (χ1v) is 17.5. The molecule has 0 saturated carbocycles. The highest BCUT2D eigenvalue weighted by molar-refractivity contribution is 5.92. The standard InChI is InChI=1S/C42H46O10/c1-3-5-6-7-27-48-36-18-14-33(15-19-36)41(45)51-38-22-10-31(11-23-38)32-12-24-39(25-13-32)52-42(46)34-16-20-37(21-17-34)49-28-9-8-26-47-29-35(43)30-50-40(44)4-2/h4,10-25,35,43H,2-3,5-9,26-30H2,1H3. The lowest BCUT2D eigenvalue weighted by Crippen LogP contribution is -2.23. The highest BCUT2D eigenvalue weighted by atomic mass is 16.6. The number of carbonyl (C=O) groups excluding carboxylic acids is 3. The lowest BCUT2D eigenvalue weighted by atomic mass is 10.1. The van der Waals surface area contributed by atoms with Crippen LogP contribution in [-0.4, -0.2) is 62.2 Å². The predicted molar refractivity (Wildman–Crippen MR) is 197 cm³/mol. The molecule has 0 aliphatic rings. The third-order valence-corrected chi connectivity index (χ3v) is 7.76. The van der Waals surface area contributed by atoms with Crippen molar-refractivity contribution in [2.75, 3.05) is 33.0 Å². The van der Waals surface area contributed by atoms with E-state index in [1.807, 2.05) is 24.3 Å². The average molecular weight is 711 g/mol. The summed E-state index contributed by atoms with van der Waals surface area (Å²) in [6.07, 6.45) is 6.12. The maximum Gasteiger partial charge on any atom is 0.343 e. The van der Waals surface area contributed by atoms with Gasteiger partial charge in [0.2, 0.25) is 0 Å². The molecule has 4 aromatic rings. The Morgan fingerprint density at radius 2 is 1.04 bits per heavy atom. The van der Waals surface area contributed by atoms with Gasteiger partial charge in [-0.3, -0.25) is 0 Å². The molecule has 10 heteroatoms. The average Bonchev–Trinajstić information content (AvgIpc) is 3.17. The maximum absolute atomic E-state index is 12.7. The molecular formula is C42H46O10. The smallest absolute Gasteiger partial charge is 0.343 e. The Morgan fingerprint density at radius 1 is 0.596 bits per heavy atom. The first kappa shape index (κ1) is 39.3. The lowest BCUT2D eigenvalue weighted by molar-refractivity contribution is -0.141. The number of aliphatic hydroxyl groups excluding tert-OH is 1. The number of unbranched alkanes of at least 4 members (excludes halogenated alkanes) is 4. The monoisotopic (exact) mass is 710 g/mol. The molecule has 0 saturated heterocycles. The van der Waals surface area contributed by atoms with Crippen molar-refractivity contribution in [3.8, 4) is 34.1 Å². The first-order valence-electron chi connectivity index (χ1n) is 17.5. The quantitative estimate of drug-likeness (QED) is 0.0371. The molecule has 0 aliphatic carbocycles. The van der Waals surface area contributed by atoms with Crippen molar-refractivity contribution in [1.29, 1.82) is 0 Å². The highest BCUT2D eigenvalue weighted by Gasteiger charge is 2.12. The van der Waals surface area contributed by atoms with Crippen LogP contribution in [0.5, 0.6) is 23.0 Å². The molecule has 274 valence electrons. The number of ether oxygens (including phenoxy) is 6.